The maximum Gasteiger partial charge on any atom is 0.129 e. The molecule has 1 aliphatic heterocycles. The monoisotopic (exact) mass is 322 g/mol. The molecule has 24 heavy (non-hydrogen) atoms. The lowest BCUT2D eigenvalue weighted by molar-refractivity contribution is 0.0973. The van der Waals surface area contributed by atoms with E-state index in [0.29, 0.717) is 0 Å². The van der Waals surface area contributed by atoms with Crippen LogP contribution in [0.5, 0.6) is 5.75 Å². The summed E-state index contributed by atoms with van der Waals surface area (Å²) in [6.45, 7) is 2.97. The minimum Gasteiger partial charge on any atom is -0.490 e. The van der Waals surface area contributed by atoms with E-state index in [9.17, 15) is 0 Å². The van der Waals surface area contributed by atoms with Crippen LogP contribution in [0.3, 0.4) is 0 Å². The van der Waals surface area contributed by atoms with Crippen molar-refractivity contribution in [3.63, 3.8) is 0 Å². The number of aromatic nitrogens is 3. The van der Waals surface area contributed by atoms with E-state index in [2.05, 4.69) is 56.9 Å². The van der Waals surface area contributed by atoms with Crippen LogP contribution >= 0.6 is 0 Å². The van der Waals surface area contributed by atoms with Crippen LogP contribution in [0.25, 0.3) is 10.9 Å². The first-order chi connectivity index (χ1) is 11.8. The van der Waals surface area contributed by atoms with E-state index in [1.54, 1.807) is 12.5 Å². The summed E-state index contributed by atoms with van der Waals surface area (Å²) in [7, 11) is 2.07. The Kier molecular flexibility index (Phi) is 4.17. The molecule has 1 fully saturated rings. The number of nitrogens with zero attached hydrogens (tertiary/aromatic N) is 4. The van der Waals surface area contributed by atoms with Crippen molar-refractivity contribution in [3.8, 4) is 5.75 Å². The molecule has 124 valence electrons. The maximum atomic E-state index is 6.31. The number of ether oxygens (including phenoxy) is 1. The smallest absolute Gasteiger partial charge is 0.129 e. The molecule has 0 atom stereocenters. The lowest BCUT2D eigenvalue weighted by Gasteiger charge is -2.32. The lowest BCUT2D eigenvalue weighted by Crippen LogP contribution is -2.38. The zero-order valence-corrected chi connectivity index (χ0v) is 13.9. The molecule has 1 aliphatic rings. The quantitative estimate of drug-likeness (QED) is 0.740. The number of benzene rings is 1. The van der Waals surface area contributed by atoms with Crippen LogP contribution in [0.2, 0.25) is 0 Å². The van der Waals surface area contributed by atoms with Gasteiger partial charge in [-0.3, -0.25) is 4.90 Å². The van der Waals surface area contributed by atoms with Gasteiger partial charge in [0, 0.05) is 44.5 Å². The third kappa shape index (κ3) is 3.12. The Morgan fingerprint density at radius 1 is 1.17 bits per heavy atom. The molecule has 1 saturated heterocycles. The van der Waals surface area contributed by atoms with Crippen molar-refractivity contribution in [3.05, 3.63) is 54.7 Å². The second-order valence-corrected chi connectivity index (χ2v) is 6.41. The summed E-state index contributed by atoms with van der Waals surface area (Å²) >= 11 is 0. The number of rotatable bonds is 4. The third-order valence-electron chi connectivity index (χ3n) is 4.74. The fourth-order valence-electron chi connectivity index (χ4n) is 3.38. The highest BCUT2D eigenvalue weighted by Gasteiger charge is 2.21. The van der Waals surface area contributed by atoms with E-state index in [-0.39, 0.29) is 6.10 Å². The summed E-state index contributed by atoms with van der Waals surface area (Å²) in [5, 5.41) is 1.20. The summed E-state index contributed by atoms with van der Waals surface area (Å²) < 4.78 is 8.45. The van der Waals surface area contributed by atoms with E-state index in [4.69, 9.17) is 4.74 Å². The second kappa shape index (κ2) is 6.61. The number of aryl methyl sites for hydroxylation is 1. The molecule has 0 unspecified atom stereocenters. The molecule has 0 spiro atoms. The Balaban J connectivity index is 1.37. The van der Waals surface area contributed by atoms with Crippen LogP contribution in [-0.2, 0) is 13.6 Å². The molecule has 5 heteroatoms. The normalized spacial score (nSPS) is 16.5. The first kappa shape index (κ1) is 15.1. The molecule has 3 heterocycles. The zero-order chi connectivity index (χ0) is 16.4. The Hall–Kier alpha value is -2.40. The van der Waals surface area contributed by atoms with Gasteiger partial charge in [0.2, 0.25) is 0 Å². The Labute approximate surface area is 141 Å². The van der Waals surface area contributed by atoms with Crippen LogP contribution in [0.4, 0.5) is 0 Å². The first-order valence-corrected chi connectivity index (χ1v) is 8.47. The average molecular weight is 322 g/mol. The van der Waals surface area contributed by atoms with Gasteiger partial charge in [-0.05, 0) is 37.1 Å². The summed E-state index contributed by atoms with van der Waals surface area (Å²) in [6.07, 6.45) is 7.90. The molecule has 0 amide bonds. The number of fused-ring (bicyclic) bond motifs is 1. The molecule has 0 radical (unpaired) electrons. The van der Waals surface area contributed by atoms with Gasteiger partial charge in [-0.1, -0.05) is 6.07 Å². The number of piperidine rings is 1. The van der Waals surface area contributed by atoms with Crippen molar-refractivity contribution in [1.82, 2.24) is 19.4 Å². The van der Waals surface area contributed by atoms with Gasteiger partial charge in [0.05, 0.1) is 11.2 Å². The van der Waals surface area contributed by atoms with Crippen molar-refractivity contribution in [2.75, 3.05) is 13.1 Å². The predicted molar refractivity (Wildman–Crippen MR) is 93.9 cm³/mol. The van der Waals surface area contributed by atoms with Gasteiger partial charge in [0.15, 0.2) is 0 Å². The fraction of sp³-hybridized carbons (Fsp3) is 0.368. The second-order valence-electron chi connectivity index (χ2n) is 6.41. The molecule has 1 aromatic carbocycles. The lowest BCUT2D eigenvalue weighted by atomic mass is 10.1. The van der Waals surface area contributed by atoms with Gasteiger partial charge < -0.3 is 9.30 Å². The number of hydrogen-bond donors (Lipinski definition) is 0. The van der Waals surface area contributed by atoms with Crippen LogP contribution in [0, 0.1) is 0 Å². The highest BCUT2D eigenvalue weighted by atomic mass is 16.5. The van der Waals surface area contributed by atoms with E-state index >= 15 is 0 Å². The van der Waals surface area contributed by atoms with Crippen molar-refractivity contribution >= 4 is 10.9 Å². The third-order valence-corrected chi connectivity index (χ3v) is 4.74. The van der Waals surface area contributed by atoms with E-state index < -0.39 is 0 Å². The summed E-state index contributed by atoms with van der Waals surface area (Å²) in [6, 6.07) is 10.4. The topological polar surface area (TPSA) is 43.2 Å². The Bertz CT molecular complexity index is 807. The molecular formula is C19H22N4O. The minimum absolute atomic E-state index is 0.289. The fourth-order valence-corrected chi connectivity index (χ4v) is 3.38. The molecule has 0 aliphatic carbocycles. The zero-order valence-electron chi connectivity index (χ0n) is 13.9. The van der Waals surface area contributed by atoms with Crippen LogP contribution in [0.15, 0.2) is 49.1 Å². The van der Waals surface area contributed by atoms with Crippen LogP contribution < -0.4 is 4.74 Å². The van der Waals surface area contributed by atoms with Crippen LogP contribution in [0.1, 0.15) is 18.5 Å². The molecule has 0 bridgehead atoms. The molecular weight excluding hydrogens is 300 g/mol. The van der Waals surface area contributed by atoms with E-state index in [1.807, 2.05) is 6.07 Å². The van der Waals surface area contributed by atoms with Gasteiger partial charge in [-0.15, -0.1) is 0 Å². The standard InChI is InChI=1S/C19H22N4O/c1-22-10-8-17-18(22)3-2-4-19(17)24-16-6-11-23(12-7-16)13-15-5-9-20-14-21-15/h2-5,8-10,14,16H,6-7,11-13H2,1H3. The Morgan fingerprint density at radius 3 is 2.83 bits per heavy atom. The van der Waals surface area contributed by atoms with Gasteiger partial charge in [0.25, 0.3) is 0 Å². The van der Waals surface area contributed by atoms with Gasteiger partial charge in [0.1, 0.15) is 18.2 Å². The van der Waals surface area contributed by atoms with E-state index in [1.165, 1.54) is 10.9 Å². The SMILES string of the molecule is Cn1ccc2c(OC3CCN(Cc4ccncn4)CC3)cccc21. The molecule has 0 saturated carbocycles. The maximum absolute atomic E-state index is 6.31. The van der Waals surface area contributed by atoms with E-state index in [0.717, 1.165) is 43.9 Å². The largest absolute Gasteiger partial charge is 0.490 e. The highest BCUT2D eigenvalue weighted by Crippen LogP contribution is 2.28. The molecule has 4 rings (SSSR count). The summed E-state index contributed by atoms with van der Waals surface area (Å²) in [5.74, 6) is 1.00. The van der Waals surface area contributed by atoms with Crippen molar-refractivity contribution in [1.29, 1.82) is 0 Å². The van der Waals surface area contributed by atoms with Gasteiger partial charge in [-0.25, -0.2) is 9.97 Å². The van der Waals surface area contributed by atoms with Crippen molar-refractivity contribution < 1.29 is 4.74 Å². The minimum atomic E-state index is 0.289. The van der Waals surface area contributed by atoms with Gasteiger partial charge >= 0.3 is 0 Å². The van der Waals surface area contributed by atoms with Crippen LogP contribution in [-0.4, -0.2) is 38.6 Å². The summed E-state index contributed by atoms with van der Waals surface area (Å²) in [5.41, 5.74) is 2.30. The number of hydrogen-bond acceptors (Lipinski definition) is 4. The average Bonchev–Trinajstić information content (AvgIpc) is 3.00. The molecule has 3 aromatic rings. The number of likely N-dealkylation sites (tertiary alicyclic amines) is 1. The molecule has 2 aromatic heterocycles. The van der Waals surface area contributed by atoms with Gasteiger partial charge in [-0.2, -0.15) is 0 Å². The molecule has 5 nitrogen and oxygen atoms in total. The highest BCUT2D eigenvalue weighted by molar-refractivity contribution is 5.86. The Morgan fingerprint density at radius 2 is 2.04 bits per heavy atom. The molecule has 0 N–H and O–H groups in total. The van der Waals surface area contributed by atoms with Crippen molar-refractivity contribution in [2.24, 2.45) is 7.05 Å². The first-order valence-electron chi connectivity index (χ1n) is 8.47. The van der Waals surface area contributed by atoms with Crippen molar-refractivity contribution in [2.45, 2.75) is 25.5 Å². The predicted octanol–water partition coefficient (Wildman–Crippen LogP) is 3.01. The summed E-state index contributed by atoms with van der Waals surface area (Å²) in [4.78, 5) is 10.7.